The normalized spacial score (nSPS) is 13.8. The minimum Gasteiger partial charge on any atom is -0.493 e. The van der Waals surface area contributed by atoms with Crippen LogP contribution >= 0.6 is 0 Å². The van der Waals surface area contributed by atoms with Gasteiger partial charge in [0.25, 0.3) is 5.91 Å². The number of fused-ring (bicyclic) bond motifs is 1. The Bertz CT molecular complexity index is 832. The number of carbonyl (C=O) groups excluding carboxylic acids is 2. The summed E-state index contributed by atoms with van der Waals surface area (Å²) in [7, 11) is 0. The van der Waals surface area contributed by atoms with Crippen molar-refractivity contribution in [2.45, 2.75) is 39.7 Å². The van der Waals surface area contributed by atoms with E-state index in [2.05, 4.69) is 12.2 Å². The molecule has 0 atom stereocenters. The van der Waals surface area contributed by atoms with Gasteiger partial charge in [0, 0.05) is 5.56 Å². The highest BCUT2D eigenvalue weighted by molar-refractivity contribution is 6.09. The van der Waals surface area contributed by atoms with Crippen molar-refractivity contribution < 1.29 is 14.3 Å². The third-order valence-electron chi connectivity index (χ3n) is 4.70. The van der Waals surface area contributed by atoms with Crippen molar-refractivity contribution in [3.05, 3.63) is 59.2 Å². The maximum absolute atomic E-state index is 12.7. The standard InChI is InChI=1S/C22H26N2O3/c1-3-4-7-12-27-20-9-6-5-8-17(20)15-24-19-11-10-16(2)13-18(19)22(26)23-14-21(24)25/h5-6,8-11,13H,3-4,7,12,14-15H2,1-2H3,(H,23,26). The number of rotatable bonds is 7. The van der Waals surface area contributed by atoms with E-state index in [0.29, 0.717) is 24.4 Å². The topological polar surface area (TPSA) is 58.6 Å². The number of ether oxygens (including phenoxy) is 1. The van der Waals surface area contributed by atoms with Crippen LogP contribution in [0.5, 0.6) is 5.75 Å². The van der Waals surface area contributed by atoms with Crippen molar-refractivity contribution in [3.8, 4) is 5.75 Å². The van der Waals surface area contributed by atoms with Gasteiger partial charge in [-0.3, -0.25) is 9.59 Å². The van der Waals surface area contributed by atoms with Crippen molar-refractivity contribution in [3.63, 3.8) is 0 Å². The molecule has 0 saturated heterocycles. The van der Waals surface area contributed by atoms with Crippen molar-refractivity contribution in [1.29, 1.82) is 0 Å². The summed E-state index contributed by atoms with van der Waals surface area (Å²) in [5.41, 5.74) is 3.09. The highest BCUT2D eigenvalue weighted by Crippen LogP contribution is 2.28. The SMILES string of the molecule is CCCCCOc1ccccc1CN1C(=O)CNC(=O)c2cc(C)ccc21. The number of benzene rings is 2. The molecule has 0 unspecified atom stereocenters. The number of nitrogens with zero attached hydrogens (tertiary/aromatic N) is 1. The lowest BCUT2D eigenvalue weighted by atomic mass is 10.1. The third kappa shape index (κ3) is 4.48. The van der Waals surface area contributed by atoms with Gasteiger partial charge in [0.05, 0.1) is 30.9 Å². The fourth-order valence-electron chi connectivity index (χ4n) is 3.20. The molecule has 1 N–H and O–H groups in total. The van der Waals surface area contributed by atoms with Crippen molar-refractivity contribution in [2.24, 2.45) is 0 Å². The Labute approximate surface area is 160 Å². The molecular weight excluding hydrogens is 340 g/mol. The Morgan fingerprint density at radius 1 is 1.11 bits per heavy atom. The second-order valence-electron chi connectivity index (χ2n) is 6.85. The van der Waals surface area contributed by atoms with Crippen molar-refractivity contribution in [2.75, 3.05) is 18.1 Å². The molecule has 2 aromatic rings. The molecular formula is C22H26N2O3. The summed E-state index contributed by atoms with van der Waals surface area (Å²) < 4.78 is 5.95. The van der Waals surface area contributed by atoms with E-state index in [9.17, 15) is 9.59 Å². The quantitative estimate of drug-likeness (QED) is 0.758. The molecule has 2 aromatic carbocycles. The summed E-state index contributed by atoms with van der Waals surface area (Å²) in [6.45, 7) is 5.12. The number of carbonyl (C=O) groups is 2. The molecule has 0 fully saturated rings. The van der Waals surface area contributed by atoms with Gasteiger partial charge in [0.1, 0.15) is 5.75 Å². The number of hydrogen-bond donors (Lipinski definition) is 1. The summed E-state index contributed by atoms with van der Waals surface area (Å²) in [5.74, 6) is 0.444. The van der Waals surface area contributed by atoms with Gasteiger partial charge in [-0.1, -0.05) is 49.6 Å². The van der Waals surface area contributed by atoms with E-state index in [1.807, 2.05) is 49.4 Å². The predicted molar refractivity (Wildman–Crippen MR) is 106 cm³/mol. The number of unbranched alkanes of at least 4 members (excludes halogenated alkanes) is 2. The maximum atomic E-state index is 12.7. The highest BCUT2D eigenvalue weighted by Gasteiger charge is 2.27. The number of amides is 2. The van der Waals surface area contributed by atoms with Gasteiger partial charge in [-0.15, -0.1) is 0 Å². The van der Waals surface area contributed by atoms with Gasteiger partial charge in [-0.05, 0) is 31.5 Å². The van der Waals surface area contributed by atoms with Crippen molar-refractivity contribution >= 4 is 17.5 Å². The van der Waals surface area contributed by atoms with Crippen LogP contribution in [0.25, 0.3) is 0 Å². The first-order valence-corrected chi connectivity index (χ1v) is 9.50. The van der Waals surface area contributed by atoms with Crippen LogP contribution in [-0.4, -0.2) is 25.0 Å². The van der Waals surface area contributed by atoms with Gasteiger partial charge in [0.15, 0.2) is 0 Å². The summed E-state index contributed by atoms with van der Waals surface area (Å²) in [6.07, 6.45) is 3.28. The number of anilines is 1. The molecule has 1 aliphatic rings. The fraction of sp³-hybridized carbons (Fsp3) is 0.364. The van der Waals surface area contributed by atoms with Crippen LogP contribution in [0.3, 0.4) is 0 Å². The zero-order chi connectivity index (χ0) is 19.2. The Hall–Kier alpha value is -2.82. The minimum absolute atomic E-state index is 0.00785. The molecule has 0 aromatic heterocycles. The molecule has 3 rings (SSSR count). The van der Waals surface area contributed by atoms with E-state index in [1.165, 1.54) is 0 Å². The number of nitrogens with one attached hydrogen (secondary N) is 1. The van der Waals surface area contributed by atoms with E-state index in [-0.39, 0.29) is 18.4 Å². The van der Waals surface area contributed by atoms with Gasteiger partial charge >= 0.3 is 0 Å². The largest absolute Gasteiger partial charge is 0.493 e. The number of hydrogen-bond acceptors (Lipinski definition) is 3. The third-order valence-corrected chi connectivity index (χ3v) is 4.70. The minimum atomic E-state index is -0.214. The second kappa shape index (κ2) is 8.71. The van der Waals surface area contributed by atoms with Gasteiger partial charge in [-0.25, -0.2) is 0 Å². The summed E-state index contributed by atoms with van der Waals surface area (Å²) >= 11 is 0. The molecule has 142 valence electrons. The number of aryl methyl sites for hydroxylation is 1. The fourth-order valence-corrected chi connectivity index (χ4v) is 3.20. The monoisotopic (exact) mass is 366 g/mol. The Kier molecular flexibility index (Phi) is 6.12. The van der Waals surface area contributed by atoms with Crippen LogP contribution in [0, 0.1) is 6.92 Å². The van der Waals surface area contributed by atoms with Crippen LogP contribution in [-0.2, 0) is 11.3 Å². The molecule has 0 saturated carbocycles. The Morgan fingerprint density at radius 2 is 1.93 bits per heavy atom. The maximum Gasteiger partial charge on any atom is 0.253 e. The molecule has 0 aliphatic carbocycles. The van der Waals surface area contributed by atoms with Crippen LogP contribution in [0.2, 0.25) is 0 Å². The zero-order valence-corrected chi connectivity index (χ0v) is 16.0. The Balaban J connectivity index is 1.87. The molecule has 2 amide bonds. The molecule has 0 bridgehead atoms. The van der Waals surface area contributed by atoms with E-state index in [1.54, 1.807) is 4.90 Å². The van der Waals surface area contributed by atoms with E-state index >= 15 is 0 Å². The zero-order valence-electron chi connectivity index (χ0n) is 16.0. The smallest absolute Gasteiger partial charge is 0.253 e. The molecule has 0 radical (unpaired) electrons. The van der Waals surface area contributed by atoms with Gasteiger partial charge < -0.3 is 15.0 Å². The highest BCUT2D eigenvalue weighted by atomic mass is 16.5. The molecule has 5 heteroatoms. The lowest BCUT2D eigenvalue weighted by Gasteiger charge is -2.23. The van der Waals surface area contributed by atoms with Gasteiger partial charge in [-0.2, -0.15) is 0 Å². The molecule has 27 heavy (non-hydrogen) atoms. The average molecular weight is 366 g/mol. The van der Waals surface area contributed by atoms with Gasteiger partial charge in [0.2, 0.25) is 5.91 Å². The molecule has 1 heterocycles. The lowest BCUT2D eigenvalue weighted by molar-refractivity contribution is -0.117. The first kappa shape index (κ1) is 19.0. The van der Waals surface area contributed by atoms with E-state index < -0.39 is 0 Å². The molecule has 5 nitrogen and oxygen atoms in total. The molecule has 1 aliphatic heterocycles. The Morgan fingerprint density at radius 3 is 2.74 bits per heavy atom. The summed E-state index contributed by atoms with van der Waals surface area (Å²) in [5, 5.41) is 2.70. The first-order chi connectivity index (χ1) is 13.1. The first-order valence-electron chi connectivity index (χ1n) is 9.50. The van der Waals surface area contributed by atoms with Crippen LogP contribution in [0.1, 0.15) is 47.7 Å². The second-order valence-corrected chi connectivity index (χ2v) is 6.85. The summed E-state index contributed by atoms with van der Waals surface area (Å²) in [6, 6.07) is 13.4. The van der Waals surface area contributed by atoms with E-state index in [0.717, 1.165) is 36.1 Å². The van der Waals surface area contributed by atoms with E-state index in [4.69, 9.17) is 4.74 Å². The number of para-hydroxylation sites is 1. The molecule has 0 spiro atoms. The van der Waals surface area contributed by atoms with Crippen LogP contribution in [0.4, 0.5) is 5.69 Å². The average Bonchev–Trinajstić information content (AvgIpc) is 2.78. The van der Waals surface area contributed by atoms with Crippen LogP contribution < -0.4 is 15.0 Å². The van der Waals surface area contributed by atoms with Crippen molar-refractivity contribution in [1.82, 2.24) is 5.32 Å². The summed E-state index contributed by atoms with van der Waals surface area (Å²) in [4.78, 5) is 26.7. The lowest BCUT2D eigenvalue weighted by Crippen LogP contribution is -2.36. The van der Waals surface area contributed by atoms with Crippen LogP contribution in [0.15, 0.2) is 42.5 Å². The predicted octanol–water partition coefficient (Wildman–Crippen LogP) is 3.84.